The number of rotatable bonds is 6. The quantitative estimate of drug-likeness (QED) is 0.301. The van der Waals surface area contributed by atoms with Crippen LogP contribution in [-0.2, 0) is 22.3 Å². The average Bonchev–Trinajstić information content (AvgIpc) is 3.15. The second-order valence-corrected chi connectivity index (χ2v) is 9.87. The zero-order valence-electron chi connectivity index (χ0n) is 20.7. The van der Waals surface area contributed by atoms with E-state index >= 15 is 0 Å². The van der Waals surface area contributed by atoms with Crippen molar-refractivity contribution in [2.45, 2.75) is 57.9 Å². The maximum Gasteiger partial charge on any atom is 0.416 e. The van der Waals surface area contributed by atoms with Crippen LogP contribution in [0, 0.1) is 23.7 Å². The number of alkyl halides is 4. The summed E-state index contributed by atoms with van der Waals surface area (Å²) in [6.45, 7) is 2.80. The van der Waals surface area contributed by atoms with Crippen molar-refractivity contribution in [1.82, 2.24) is 14.9 Å². The molecule has 2 aromatic rings. The highest BCUT2D eigenvalue weighted by Gasteiger charge is 2.31. The summed E-state index contributed by atoms with van der Waals surface area (Å²) in [4.78, 5) is 29.1. The molecule has 0 saturated heterocycles. The molecular formula is C26H28ClF4N3O3. The van der Waals surface area contributed by atoms with Gasteiger partial charge >= 0.3 is 12.1 Å². The minimum absolute atomic E-state index is 0.00936. The molecule has 1 aliphatic rings. The fourth-order valence-corrected chi connectivity index (χ4v) is 4.40. The van der Waals surface area contributed by atoms with Crippen molar-refractivity contribution in [3.8, 4) is 11.8 Å². The first-order valence-corrected chi connectivity index (χ1v) is 12.2. The van der Waals surface area contributed by atoms with Crippen molar-refractivity contribution in [3.63, 3.8) is 0 Å². The molecule has 37 heavy (non-hydrogen) atoms. The van der Waals surface area contributed by atoms with Crippen molar-refractivity contribution in [3.05, 3.63) is 52.1 Å². The zero-order valence-corrected chi connectivity index (χ0v) is 21.5. The SMILES string of the molecule is COC(=O)C1CCC(CNC(=O)c2c(C#CC(C)(C)F)nc(Cl)n2Cc2ccc(C(F)(F)F)cc2)CC1. The molecule has 0 aliphatic heterocycles. The smallest absolute Gasteiger partial charge is 0.416 e. The van der Waals surface area contributed by atoms with E-state index in [0.717, 1.165) is 25.0 Å². The Morgan fingerprint density at radius 2 is 1.76 bits per heavy atom. The lowest BCUT2D eigenvalue weighted by Gasteiger charge is -2.27. The predicted octanol–water partition coefficient (Wildman–Crippen LogP) is 5.41. The topological polar surface area (TPSA) is 73.2 Å². The fourth-order valence-electron chi connectivity index (χ4n) is 4.17. The minimum Gasteiger partial charge on any atom is -0.469 e. The summed E-state index contributed by atoms with van der Waals surface area (Å²) < 4.78 is 58.9. The van der Waals surface area contributed by atoms with Gasteiger partial charge in [-0.3, -0.25) is 9.59 Å². The lowest BCUT2D eigenvalue weighted by Crippen LogP contribution is -2.34. The molecule has 1 aromatic heterocycles. The number of esters is 1. The van der Waals surface area contributed by atoms with Crippen molar-refractivity contribution >= 4 is 23.5 Å². The Morgan fingerprint density at radius 1 is 1.14 bits per heavy atom. The fraction of sp³-hybridized carbons (Fsp3) is 0.500. The zero-order chi connectivity index (χ0) is 27.4. The first kappa shape index (κ1) is 28.5. The molecule has 0 bridgehead atoms. The molecule has 0 spiro atoms. The number of methoxy groups -OCH3 is 1. The number of nitrogens with one attached hydrogen (secondary N) is 1. The Labute approximate surface area is 217 Å². The summed E-state index contributed by atoms with van der Waals surface area (Å²) in [7, 11) is 1.36. The molecule has 0 radical (unpaired) electrons. The predicted molar refractivity (Wildman–Crippen MR) is 130 cm³/mol. The number of imidazole rings is 1. The molecule has 1 aliphatic carbocycles. The number of ether oxygens (including phenoxy) is 1. The largest absolute Gasteiger partial charge is 0.469 e. The van der Waals surface area contributed by atoms with Crippen LogP contribution in [0.15, 0.2) is 24.3 Å². The molecule has 1 N–H and O–H groups in total. The molecule has 1 amide bonds. The number of benzene rings is 1. The van der Waals surface area contributed by atoms with Crippen LogP contribution in [0.1, 0.15) is 66.8 Å². The lowest BCUT2D eigenvalue weighted by molar-refractivity contribution is -0.146. The van der Waals surface area contributed by atoms with Crippen LogP contribution in [0.3, 0.4) is 0 Å². The summed E-state index contributed by atoms with van der Waals surface area (Å²) in [5, 5.41) is 2.74. The van der Waals surface area contributed by atoms with E-state index in [2.05, 4.69) is 22.1 Å². The summed E-state index contributed by atoms with van der Waals surface area (Å²) >= 11 is 6.29. The highest BCUT2D eigenvalue weighted by Crippen LogP contribution is 2.30. The summed E-state index contributed by atoms with van der Waals surface area (Å²) in [6.07, 6.45) is -1.70. The van der Waals surface area contributed by atoms with Crippen molar-refractivity contribution in [2.24, 2.45) is 11.8 Å². The van der Waals surface area contributed by atoms with E-state index in [1.54, 1.807) is 0 Å². The second kappa shape index (κ2) is 11.5. The Morgan fingerprint density at radius 3 is 2.30 bits per heavy atom. The molecule has 1 saturated carbocycles. The van der Waals surface area contributed by atoms with Gasteiger partial charge < -0.3 is 14.6 Å². The number of hydrogen-bond donors (Lipinski definition) is 1. The number of amides is 1. The monoisotopic (exact) mass is 541 g/mol. The van der Waals surface area contributed by atoms with Gasteiger partial charge in [0.1, 0.15) is 11.4 Å². The van der Waals surface area contributed by atoms with Crippen LogP contribution in [0.2, 0.25) is 5.28 Å². The third-order valence-electron chi connectivity index (χ3n) is 6.17. The van der Waals surface area contributed by atoms with Crippen LogP contribution in [0.25, 0.3) is 0 Å². The Hall–Kier alpha value is -3.06. The van der Waals surface area contributed by atoms with Gasteiger partial charge in [0.25, 0.3) is 5.91 Å². The Kier molecular flexibility index (Phi) is 8.90. The van der Waals surface area contributed by atoms with Gasteiger partial charge in [0.2, 0.25) is 5.28 Å². The van der Waals surface area contributed by atoms with Gasteiger partial charge in [-0.25, -0.2) is 9.37 Å². The molecule has 1 aromatic carbocycles. The molecule has 1 fully saturated rings. The number of hydrogen-bond acceptors (Lipinski definition) is 4. The molecule has 1 heterocycles. The van der Waals surface area contributed by atoms with Crippen molar-refractivity contribution in [1.29, 1.82) is 0 Å². The van der Waals surface area contributed by atoms with E-state index in [9.17, 15) is 27.2 Å². The molecule has 0 atom stereocenters. The van der Waals surface area contributed by atoms with E-state index < -0.39 is 23.3 Å². The Bertz CT molecular complexity index is 1180. The van der Waals surface area contributed by atoms with Gasteiger partial charge in [-0.1, -0.05) is 18.1 Å². The summed E-state index contributed by atoms with van der Waals surface area (Å²) in [5.74, 6) is 4.18. The maximum absolute atomic E-state index is 14.0. The third kappa shape index (κ3) is 7.71. The first-order chi connectivity index (χ1) is 17.3. The number of nitrogens with zero attached hydrogens (tertiary/aromatic N) is 2. The van der Waals surface area contributed by atoms with Gasteiger partial charge in [-0.2, -0.15) is 13.2 Å². The van der Waals surface area contributed by atoms with Gasteiger partial charge in [0.15, 0.2) is 5.67 Å². The van der Waals surface area contributed by atoms with Gasteiger partial charge in [0.05, 0.1) is 25.1 Å². The standard InChI is InChI=1S/C26H28ClF4N3O3/c1-25(2,28)13-12-20-21(22(35)32-14-16-4-8-18(9-5-16)23(36)37-3)34(24(27)33-20)15-17-6-10-19(11-7-17)26(29,30)31/h6-7,10-11,16,18H,4-5,8-9,14-15H2,1-3H3,(H,32,35). The number of halogens is 5. The highest BCUT2D eigenvalue weighted by atomic mass is 35.5. The van der Waals surface area contributed by atoms with Gasteiger partial charge in [-0.05, 0) is 80.7 Å². The molecule has 3 rings (SSSR count). The molecule has 11 heteroatoms. The van der Waals surface area contributed by atoms with Crippen LogP contribution in [0.4, 0.5) is 17.6 Å². The number of carbonyl (C=O) groups is 2. The summed E-state index contributed by atoms with van der Waals surface area (Å²) in [6, 6.07) is 4.46. The Balaban J connectivity index is 1.82. The molecule has 0 unspecified atom stereocenters. The first-order valence-electron chi connectivity index (χ1n) is 11.8. The van der Waals surface area contributed by atoms with Crippen LogP contribution >= 0.6 is 11.6 Å². The van der Waals surface area contributed by atoms with Gasteiger partial charge in [-0.15, -0.1) is 0 Å². The van der Waals surface area contributed by atoms with Crippen LogP contribution in [0.5, 0.6) is 0 Å². The van der Waals surface area contributed by atoms with Gasteiger partial charge in [0, 0.05) is 6.54 Å². The molecular weight excluding hydrogens is 514 g/mol. The normalized spacial score (nSPS) is 18.1. The molecule has 200 valence electrons. The number of carbonyl (C=O) groups excluding carboxylic acids is 2. The van der Waals surface area contributed by atoms with E-state index in [1.165, 1.54) is 37.7 Å². The third-order valence-corrected chi connectivity index (χ3v) is 6.46. The lowest BCUT2D eigenvalue weighted by atomic mass is 9.82. The minimum atomic E-state index is -4.48. The maximum atomic E-state index is 14.0. The van der Waals surface area contributed by atoms with Crippen LogP contribution in [-0.4, -0.2) is 40.8 Å². The van der Waals surface area contributed by atoms with E-state index in [0.29, 0.717) is 24.9 Å². The highest BCUT2D eigenvalue weighted by molar-refractivity contribution is 6.29. The van der Waals surface area contributed by atoms with Crippen LogP contribution < -0.4 is 5.32 Å². The van der Waals surface area contributed by atoms with E-state index in [-0.39, 0.29) is 41.0 Å². The van der Waals surface area contributed by atoms with E-state index in [4.69, 9.17) is 16.3 Å². The van der Waals surface area contributed by atoms with Crippen molar-refractivity contribution < 1.29 is 31.9 Å². The van der Waals surface area contributed by atoms with E-state index in [1.807, 2.05) is 0 Å². The number of aromatic nitrogens is 2. The second-order valence-electron chi connectivity index (χ2n) is 9.53. The summed E-state index contributed by atoms with van der Waals surface area (Å²) in [5.41, 5.74) is -2.24. The van der Waals surface area contributed by atoms with Crippen molar-refractivity contribution in [2.75, 3.05) is 13.7 Å². The average molecular weight is 542 g/mol. The molecule has 6 nitrogen and oxygen atoms in total.